The molecule has 7 heteroatoms. The van der Waals surface area contributed by atoms with Gasteiger partial charge in [0.05, 0.1) is 5.69 Å². The predicted molar refractivity (Wildman–Crippen MR) is 78.2 cm³/mol. The van der Waals surface area contributed by atoms with Gasteiger partial charge in [0.2, 0.25) is 9.84 Å². The minimum absolute atomic E-state index is 0.253. The molecule has 3 rings (SSSR count). The quantitative estimate of drug-likeness (QED) is 0.542. The Morgan fingerprint density at radius 3 is 2.55 bits per heavy atom. The summed E-state index contributed by atoms with van der Waals surface area (Å²) in [4.78, 5) is 0. The third kappa shape index (κ3) is 2.84. The zero-order chi connectivity index (χ0) is 15.6. The van der Waals surface area contributed by atoms with Gasteiger partial charge < -0.3 is 9.73 Å². The van der Waals surface area contributed by atoms with E-state index in [1.807, 2.05) is 30.3 Å². The van der Waals surface area contributed by atoms with Crippen LogP contribution in [-0.4, -0.2) is 13.6 Å². The van der Waals surface area contributed by atoms with Crippen molar-refractivity contribution in [1.82, 2.24) is 5.16 Å². The van der Waals surface area contributed by atoms with Gasteiger partial charge in [0.25, 0.3) is 0 Å². The molecule has 0 fully saturated rings. The molecular weight excluding hydrogens is 304 g/mol. The molecule has 0 N–H and O–H groups in total. The first-order chi connectivity index (χ1) is 10.6. The highest BCUT2D eigenvalue weighted by atomic mass is 32.2. The van der Waals surface area contributed by atoms with Crippen molar-refractivity contribution >= 4 is 9.84 Å². The van der Waals surface area contributed by atoms with Gasteiger partial charge in [-0.2, -0.15) is 4.73 Å². The molecule has 0 amide bonds. The second kappa shape index (κ2) is 5.61. The maximum atomic E-state index is 12.3. The van der Waals surface area contributed by atoms with Crippen molar-refractivity contribution in [3.05, 3.63) is 71.7 Å². The Hall–Kier alpha value is -2.67. The molecule has 22 heavy (non-hydrogen) atoms. The van der Waals surface area contributed by atoms with Crippen molar-refractivity contribution < 1.29 is 17.7 Å². The van der Waals surface area contributed by atoms with Crippen molar-refractivity contribution in [2.75, 3.05) is 0 Å². The number of pyridine rings is 1. The summed E-state index contributed by atoms with van der Waals surface area (Å²) < 4.78 is 30.0. The summed E-state index contributed by atoms with van der Waals surface area (Å²) in [5.74, 6) is 0.0872. The van der Waals surface area contributed by atoms with Gasteiger partial charge in [0, 0.05) is 23.8 Å². The Morgan fingerprint density at radius 1 is 1.09 bits per heavy atom. The molecule has 0 atom stereocenters. The van der Waals surface area contributed by atoms with E-state index in [2.05, 4.69) is 5.16 Å². The summed E-state index contributed by atoms with van der Waals surface area (Å²) in [6.45, 7) is 0. The third-order valence-corrected chi connectivity index (χ3v) is 4.69. The van der Waals surface area contributed by atoms with Crippen LogP contribution in [0.4, 0.5) is 0 Å². The van der Waals surface area contributed by atoms with Crippen molar-refractivity contribution in [1.29, 1.82) is 0 Å². The molecule has 2 heterocycles. The number of nitrogens with zero attached hydrogens (tertiary/aromatic N) is 2. The van der Waals surface area contributed by atoms with Gasteiger partial charge in [-0.3, -0.25) is 0 Å². The number of aromatic nitrogens is 2. The van der Waals surface area contributed by atoms with Crippen LogP contribution in [0, 0.1) is 5.21 Å². The second-order valence-electron chi connectivity index (χ2n) is 4.67. The van der Waals surface area contributed by atoms with E-state index in [0.29, 0.717) is 10.5 Å². The Labute approximate surface area is 127 Å². The van der Waals surface area contributed by atoms with E-state index in [9.17, 15) is 13.6 Å². The first kappa shape index (κ1) is 14.3. The summed E-state index contributed by atoms with van der Waals surface area (Å²) in [5, 5.41) is 15.0. The minimum atomic E-state index is -3.78. The van der Waals surface area contributed by atoms with E-state index in [1.165, 1.54) is 18.2 Å². The lowest BCUT2D eigenvalue weighted by atomic mass is 10.2. The topological polar surface area (TPSA) is 87.1 Å². The van der Waals surface area contributed by atoms with Crippen molar-refractivity contribution in [2.24, 2.45) is 0 Å². The van der Waals surface area contributed by atoms with Crippen LogP contribution in [0.1, 0.15) is 5.69 Å². The van der Waals surface area contributed by atoms with Gasteiger partial charge >= 0.3 is 5.03 Å². The summed E-state index contributed by atoms with van der Waals surface area (Å²) >= 11 is 0. The SMILES string of the molecule is O=S(=O)(Cc1cc(-c2ccccc2)on1)c1cccc[n+]1[O-]. The molecule has 0 saturated carbocycles. The molecule has 0 aliphatic carbocycles. The highest BCUT2D eigenvalue weighted by Crippen LogP contribution is 2.21. The maximum absolute atomic E-state index is 12.3. The molecule has 0 unspecified atom stereocenters. The number of rotatable bonds is 4. The number of sulfone groups is 1. The Morgan fingerprint density at radius 2 is 1.82 bits per heavy atom. The average Bonchev–Trinajstić information content (AvgIpc) is 2.96. The van der Waals surface area contributed by atoms with Crippen LogP contribution in [0.15, 0.2) is 70.3 Å². The molecule has 0 saturated heterocycles. The number of hydrogen-bond acceptors (Lipinski definition) is 5. The predicted octanol–water partition coefficient (Wildman–Crippen LogP) is 1.95. The van der Waals surface area contributed by atoms with Gasteiger partial charge in [0.15, 0.2) is 12.0 Å². The third-order valence-electron chi connectivity index (χ3n) is 3.06. The van der Waals surface area contributed by atoms with Crippen molar-refractivity contribution in [3.63, 3.8) is 0 Å². The lowest BCUT2D eigenvalue weighted by Gasteiger charge is -2.03. The summed E-state index contributed by atoms with van der Waals surface area (Å²) in [5.41, 5.74) is 1.06. The molecule has 6 nitrogen and oxygen atoms in total. The molecule has 0 aliphatic rings. The molecule has 0 spiro atoms. The van der Waals surface area contributed by atoms with Gasteiger partial charge in [-0.1, -0.05) is 35.5 Å². The van der Waals surface area contributed by atoms with E-state index in [1.54, 1.807) is 6.07 Å². The monoisotopic (exact) mass is 316 g/mol. The fourth-order valence-electron chi connectivity index (χ4n) is 2.04. The summed E-state index contributed by atoms with van der Waals surface area (Å²) in [6.07, 6.45) is 1.14. The molecule has 112 valence electrons. The first-order valence-corrected chi connectivity index (χ1v) is 8.13. The first-order valence-electron chi connectivity index (χ1n) is 6.48. The standard InChI is InChI=1S/C15H12N2O4S/c18-17-9-5-4-8-15(17)22(19,20)11-13-10-14(21-16-13)12-6-2-1-3-7-12/h1-10H,11H2. The van der Waals surface area contributed by atoms with Gasteiger partial charge in [0.1, 0.15) is 5.75 Å². The molecule has 0 aliphatic heterocycles. The van der Waals surface area contributed by atoms with Gasteiger partial charge in [-0.15, -0.1) is 0 Å². The van der Waals surface area contributed by atoms with E-state index in [0.717, 1.165) is 11.8 Å². The molecular formula is C15H12N2O4S. The van der Waals surface area contributed by atoms with Crippen molar-refractivity contribution in [3.8, 4) is 11.3 Å². The fraction of sp³-hybridized carbons (Fsp3) is 0.0667. The van der Waals surface area contributed by atoms with E-state index < -0.39 is 15.6 Å². The molecule has 0 radical (unpaired) electrons. The molecule has 3 aromatic rings. The largest absolute Gasteiger partial charge is 0.618 e. The fourth-order valence-corrected chi connectivity index (χ4v) is 3.33. The Kier molecular flexibility index (Phi) is 3.64. The van der Waals surface area contributed by atoms with E-state index in [4.69, 9.17) is 4.52 Å². The minimum Gasteiger partial charge on any atom is -0.618 e. The van der Waals surface area contributed by atoms with E-state index in [-0.39, 0.29) is 10.7 Å². The highest BCUT2D eigenvalue weighted by molar-refractivity contribution is 7.90. The molecule has 2 aromatic heterocycles. The van der Waals surface area contributed by atoms with Crippen LogP contribution >= 0.6 is 0 Å². The van der Waals surface area contributed by atoms with Crippen LogP contribution in [0.2, 0.25) is 0 Å². The lowest BCUT2D eigenvalue weighted by Crippen LogP contribution is -2.33. The smallest absolute Gasteiger partial charge is 0.309 e. The zero-order valence-corrected chi connectivity index (χ0v) is 12.2. The molecule has 1 aromatic carbocycles. The normalized spacial score (nSPS) is 11.5. The van der Waals surface area contributed by atoms with Gasteiger partial charge in [-0.05, 0) is 6.07 Å². The number of benzene rings is 1. The second-order valence-corrected chi connectivity index (χ2v) is 6.61. The van der Waals surface area contributed by atoms with Crippen LogP contribution in [0.3, 0.4) is 0 Å². The van der Waals surface area contributed by atoms with Gasteiger partial charge in [-0.25, -0.2) is 8.42 Å². The highest BCUT2D eigenvalue weighted by Gasteiger charge is 2.25. The number of hydrogen-bond donors (Lipinski definition) is 0. The zero-order valence-electron chi connectivity index (χ0n) is 11.4. The van der Waals surface area contributed by atoms with Crippen LogP contribution in [0.25, 0.3) is 11.3 Å². The van der Waals surface area contributed by atoms with Crippen LogP contribution in [0.5, 0.6) is 0 Å². The van der Waals surface area contributed by atoms with E-state index >= 15 is 0 Å². The maximum Gasteiger partial charge on any atom is 0.309 e. The molecule has 0 bridgehead atoms. The summed E-state index contributed by atoms with van der Waals surface area (Å²) in [7, 11) is -3.78. The lowest BCUT2D eigenvalue weighted by molar-refractivity contribution is -0.646. The van der Waals surface area contributed by atoms with Crippen molar-refractivity contribution in [2.45, 2.75) is 10.8 Å². The Balaban J connectivity index is 1.88. The summed E-state index contributed by atoms with van der Waals surface area (Å²) in [6, 6.07) is 15.0. The van der Waals surface area contributed by atoms with Crippen LogP contribution in [-0.2, 0) is 15.6 Å². The van der Waals surface area contributed by atoms with Crippen LogP contribution < -0.4 is 4.73 Å². The Bertz CT molecular complexity index is 889. The average molecular weight is 316 g/mol.